The average Bonchev–Trinajstić information content (AvgIpc) is 3.03. The first-order valence-corrected chi connectivity index (χ1v) is 9.76. The van der Waals surface area contributed by atoms with Gasteiger partial charge < -0.3 is 11.5 Å². The maximum Gasteiger partial charge on any atom is 0.248 e. The van der Waals surface area contributed by atoms with Crippen LogP contribution in [0.3, 0.4) is 0 Å². The number of hydrogen-bond donors (Lipinski definition) is 2. The molecule has 0 unspecified atom stereocenters. The molecule has 0 radical (unpaired) electrons. The Hall–Kier alpha value is -3.22. The van der Waals surface area contributed by atoms with E-state index in [1.165, 1.54) is 23.5 Å². The van der Waals surface area contributed by atoms with Gasteiger partial charge in [0.15, 0.2) is 0 Å². The topological polar surface area (TPSA) is 86.2 Å². The van der Waals surface area contributed by atoms with Crippen molar-refractivity contribution >= 4 is 50.4 Å². The summed E-state index contributed by atoms with van der Waals surface area (Å²) in [5.74, 6) is -1.37. The number of ketones is 1. The lowest BCUT2D eigenvalue weighted by Crippen LogP contribution is -2.10. The van der Waals surface area contributed by atoms with E-state index in [1.54, 1.807) is 18.2 Å². The number of benzene rings is 3. The number of rotatable bonds is 4. The molecule has 7 heteroatoms. The number of carbonyl (C=O) groups excluding carboxylic acids is 2. The Kier molecular flexibility index (Phi) is 4.82. The van der Waals surface area contributed by atoms with Crippen molar-refractivity contribution in [2.24, 2.45) is 5.73 Å². The van der Waals surface area contributed by atoms with Crippen LogP contribution in [-0.2, 0) is 0 Å². The third kappa shape index (κ3) is 3.48. The zero-order valence-electron chi connectivity index (χ0n) is 14.9. The molecule has 0 aliphatic rings. The minimum Gasteiger partial charge on any atom is -0.397 e. The standard InChI is InChI=1S/C22H14ClFN2O2S/c23-17-10-14(24)5-7-15(17)20(27)21-19(25)16-6-4-12(9-18(16)29-21)11-2-1-3-13(8-11)22(26)28/h1-10H,25H2,(H2,26,28). The van der Waals surface area contributed by atoms with Gasteiger partial charge in [0.25, 0.3) is 0 Å². The first kappa shape index (κ1) is 19.1. The summed E-state index contributed by atoms with van der Waals surface area (Å²) in [5, 5.41) is 0.780. The molecule has 3 aromatic carbocycles. The Labute approximate surface area is 174 Å². The van der Waals surface area contributed by atoms with Gasteiger partial charge in [-0.2, -0.15) is 0 Å². The number of nitrogens with two attached hydrogens (primary N) is 2. The molecule has 4 rings (SSSR count). The van der Waals surface area contributed by atoms with E-state index in [9.17, 15) is 14.0 Å². The molecule has 0 saturated heterocycles. The number of thiophene rings is 1. The van der Waals surface area contributed by atoms with E-state index in [2.05, 4.69) is 0 Å². The summed E-state index contributed by atoms with van der Waals surface area (Å²) in [6, 6.07) is 16.2. The van der Waals surface area contributed by atoms with E-state index in [1.807, 2.05) is 24.3 Å². The zero-order valence-corrected chi connectivity index (χ0v) is 16.5. The molecule has 0 spiro atoms. The Morgan fingerprint density at radius 3 is 2.45 bits per heavy atom. The molecule has 0 aliphatic heterocycles. The monoisotopic (exact) mass is 424 g/mol. The van der Waals surface area contributed by atoms with Gasteiger partial charge in [-0.3, -0.25) is 9.59 Å². The minimum atomic E-state index is -0.515. The molecule has 4 aromatic rings. The number of carbonyl (C=O) groups is 2. The summed E-state index contributed by atoms with van der Waals surface area (Å²) < 4.78 is 14.1. The van der Waals surface area contributed by atoms with Crippen LogP contribution in [0.15, 0.2) is 60.7 Å². The maximum absolute atomic E-state index is 13.3. The molecule has 29 heavy (non-hydrogen) atoms. The lowest BCUT2D eigenvalue weighted by atomic mass is 10.0. The van der Waals surface area contributed by atoms with Crippen molar-refractivity contribution in [3.05, 3.63) is 87.5 Å². The fourth-order valence-corrected chi connectivity index (χ4v) is 4.48. The highest BCUT2D eigenvalue weighted by atomic mass is 35.5. The van der Waals surface area contributed by atoms with Gasteiger partial charge in [0.2, 0.25) is 11.7 Å². The second-order valence-corrected chi connectivity index (χ2v) is 7.91. The molecule has 1 amide bonds. The molecule has 144 valence electrons. The van der Waals surface area contributed by atoms with E-state index >= 15 is 0 Å². The number of fused-ring (bicyclic) bond motifs is 1. The van der Waals surface area contributed by atoms with E-state index in [0.717, 1.165) is 27.3 Å². The second kappa shape index (κ2) is 7.31. The van der Waals surface area contributed by atoms with Crippen molar-refractivity contribution in [3.8, 4) is 11.1 Å². The van der Waals surface area contributed by atoms with Gasteiger partial charge >= 0.3 is 0 Å². The fraction of sp³-hybridized carbons (Fsp3) is 0. The number of nitrogen functional groups attached to an aromatic ring is 1. The van der Waals surface area contributed by atoms with E-state index in [0.29, 0.717) is 16.1 Å². The van der Waals surface area contributed by atoms with E-state index in [-0.39, 0.29) is 16.4 Å². The van der Waals surface area contributed by atoms with Crippen LogP contribution in [-0.4, -0.2) is 11.7 Å². The molecule has 4 N–H and O–H groups in total. The smallest absolute Gasteiger partial charge is 0.248 e. The number of anilines is 1. The molecule has 0 aliphatic carbocycles. The van der Waals surface area contributed by atoms with Crippen LogP contribution < -0.4 is 11.5 Å². The summed E-state index contributed by atoms with van der Waals surface area (Å²) in [6.07, 6.45) is 0. The van der Waals surface area contributed by atoms with Crippen molar-refractivity contribution in [2.75, 3.05) is 5.73 Å². The quantitative estimate of drug-likeness (QED) is 0.437. The molecule has 0 atom stereocenters. The predicted molar refractivity (Wildman–Crippen MR) is 115 cm³/mol. The second-order valence-electron chi connectivity index (χ2n) is 6.45. The molecular weight excluding hydrogens is 411 g/mol. The van der Waals surface area contributed by atoms with E-state index in [4.69, 9.17) is 23.1 Å². The number of halogens is 2. The van der Waals surface area contributed by atoms with Gasteiger partial charge in [-0.1, -0.05) is 35.9 Å². The average molecular weight is 425 g/mol. The van der Waals surface area contributed by atoms with Crippen molar-refractivity contribution in [2.45, 2.75) is 0 Å². The van der Waals surface area contributed by atoms with Gasteiger partial charge in [0.05, 0.1) is 15.6 Å². The number of hydrogen-bond acceptors (Lipinski definition) is 4. The molecular formula is C22H14ClFN2O2S. The Balaban J connectivity index is 1.79. The van der Waals surface area contributed by atoms with Crippen LogP contribution in [0.4, 0.5) is 10.1 Å². The Morgan fingerprint density at radius 1 is 0.966 bits per heavy atom. The van der Waals surface area contributed by atoms with Crippen LogP contribution >= 0.6 is 22.9 Å². The molecule has 1 heterocycles. The summed E-state index contributed by atoms with van der Waals surface area (Å²) in [7, 11) is 0. The summed E-state index contributed by atoms with van der Waals surface area (Å²) >= 11 is 7.28. The van der Waals surface area contributed by atoms with Gasteiger partial charge in [0, 0.05) is 21.2 Å². The summed E-state index contributed by atoms with van der Waals surface area (Å²) in [5.41, 5.74) is 14.2. The van der Waals surface area contributed by atoms with Gasteiger partial charge in [-0.05, 0) is 47.5 Å². The first-order chi connectivity index (χ1) is 13.8. The normalized spacial score (nSPS) is 11.0. The predicted octanol–water partition coefficient (Wildman–Crippen LogP) is 5.27. The van der Waals surface area contributed by atoms with Crippen LogP contribution in [0.1, 0.15) is 25.6 Å². The highest BCUT2D eigenvalue weighted by Crippen LogP contribution is 2.38. The molecule has 0 bridgehead atoms. The number of primary amides is 1. The molecule has 1 aromatic heterocycles. The lowest BCUT2D eigenvalue weighted by molar-refractivity contribution is 0.0998. The van der Waals surface area contributed by atoms with Gasteiger partial charge in [-0.15, -0.1) is 11.3 Å². The summed E-state index contributed by atoms with van der Waals surface area (Å²) in [4.78, 5) is 24.7. The van der Waals surface area contributed by atoms with Crippen LogP contribution in [0.2, 0.25) is 5.02 Å². The highest BCUT2D eigenvalue weighted by Gasteiger charge is 2.20. The molecule has 0 saturated carbocycles. The van der Waals surface area contributed by atoms with Crippen molar-refractivity contribution < 1.29 is 14.0 Å². The third-order valence-corrected chi connectivity index (χ3v) is 6.07. The molecule has 4 nitrogen and oxygen atoms in total. The zero-order chi connectivity index (χ0) is 20.7. The molecule has 0 fully saturated rings. The van der Waals surface area contributed by atoms with Crippen molar-refractivity contribution in [1.82, 2.24) is 0 Å². The fourth-order valence-electron chi connectivity index (χ4n) is 3.11. The SMILES string of the molecule is NC(=O)c1cccc(-c2ccc3c(N)c(C(=O)c4ccc(F)cc4Cl)sc3c2)c1. The van der Waals surface area contributed by atoms with E-state index < -0.39 is 11.7 Å². The van der Waals surface area contributed by atoms with Crippen LogP contribution in [0, 0.1) is 5.82 Å². The van der Waals surface area contributed by atoms with Gasteiger partial charge in [-0.25, -0.2) is 4.39 Å². The summed E-state index contributed by atoms with van der Waals surface area (Å²) in [6.45, 7) is 0. The highest BCUT2D eigenvalue weighted by molar-refractivity contribution is 7.21. The Morgan fingerprint density at radius 2 is 1.72 bits per heavy atom. The minimum absolute atomic E-state index is 0.0378. The van der Waals surface area contributed by atoms with Crippen LogP contribution in [0.5, 0.6) is 0 Å². The number of amides is 1. The Bertz CT molecular complexity index is 1300. The van der Waals surface area contributed by atoms with Crippen LogP contribution in [0.25, 0.3) is 21.2 Å². The lowest BCUT2D eigenvalue weighted by Gasteiger charge is -2.04. The first-order valence-electron chi connectivity index (χ1n) is 8.57. The van der Waals surface area contributed by atoms with Crippen molar-refractivity contribution in [3.63, 3.8) is 0 Å². The third-order valence-electron chi connectivity index (χ3n) is 4.59. The largest absolute Gasteiger partial charge is 0.397 e. The maximum atomic E-state index is 13.3. The van der Waals surface area contributed by atoms with Gasteiger partial charge in [0.1, 0.15) is 5.82 Å². The van der Waals surface area contributed by atoms with Crippen molar-refractivity contribution in [1.29, 1.82) is 0 Å².